The Hall–Kier alpha value is -3.36. The summed E-state index contributed by atoms with van der Waals surface area (Å²) in [5, 5.41) is 5.55. The predicted octanol–water partition coefficient (Wildman–Crippen LogP) is 4.68. The van der Waals surface area contributed by atoms with E-state index < -0.39 is 21.8 Å². The molecule has 0 saturated heterocycles. The van der Waals surface area contributed by atoms with E-state index in [0.29, 0.717) is 35.1 Å². The van der Waals surface area contributed by atoms with Crippen molar-refractivity contribution in [3.63, 3.8) is 0 Å². The molecule has 0 atom stereocenters. The Morgan fingerprint density at radius 3 is 2.35 bits per heavy atom. The standard InChI is InChI=1S/C25H24ClN3O4S/c1-16-5-11-21(12-6-16)34(32,33)29-13-3-4-18-8-10-20(15-23(18)29)27-24(30)25(31)28-22-14-19(26)9-7-17(22)2/h5-12,14-15H,3-4,13H2,1-2H3,(H,27,30)(H,28,31). The first-order valence-electron chi connectivity index (χ1n) is 10.8. The van der Waals surface area contributed by atoms with E-state index in [0.717, 1.165) is 23.1 Å². The third-order valence-corrected chi connectivity index (χ3v) is 7.74. The third kappa shape index (κ3) is 4.93. The highest BCUT2D eigenvalue weighted by molar-refractivity contribution is 7.92. The lowest BCUT2D eigenvalue weighted by Crippen LogP contribution is -2.35. The summed E-state index contributed by atoms with van der Waals surface area (Å²) in [4.78, 5) is 25.2. The van der Waals surface area contributed by atoms with Crippen molar-refractivity contribution >= 4 is 50.5 Å². The Bertz CT molecular complexity index is 1370. The van der Waals surface area contributed by atoms with Crippen LogP contribution >= 0.6 is 11.6 Å². The van der Waals surface area contributed by atoms with E-state index in [9.17, 15) is 18.0 Å². The van der Waals surface area contributed by atoms with Gasteiger partial charge in [-0.05, 0) is 74.2 Å². The molecule has 0 aliphatic carbocycles. The van der Waals surface area contributed by atoms with Crippen molar-refractivity contribution in [3.8, 4) is 0 Å². The molecule has 0 saturated carbocycles. The number of benzene rings is 3. The summed E-state index contributed by atoms with van der Waals surface area (Å²) in [6.45, 7) is 4.01. The molecule has 1 heterocycles. The molecule has 7 nitrogen and oxygen atoms in total. The van der Waals surface area contributed by atoms with Crippen LogP contribution in [-0.2, 0) is 26.0 Å². The SMILES string of the molecule is Cc1ccc(S(=O)(=O)N2CCCc3ccc(NC(=O)C(=O)Nc4cc(Cl)ccc4C)cc32)cc1. The molecule has 2 N–H and O–H groups in total. The Morgan fingerprint density at radius 2 is 1.62 bits per heavy atom. The molecule has 0 fully saturated rings. The first kappa shape index (κ1) is 23.8. The van der Waals surface area contributed by atoms with Gasteiger partial charge in [0.25, 0.3) is 10.0 Å². The van der Waals surface area contributed by atoms with E-state index >= 15 is 0 Å². The zero-order valence-corrected chi connectivity index (χ0v) is 20.3. The summed E-state index contributed by atoms with van der Waals surface area (Å²) >= 11 is 5.97. The minimum atomic E-state index is -3.77. The van der Waals surface area contributed by atoms with Crippen molar-refractivity contribution in [2.45, 2.75) is 31.6 Å². The maximum Gasteiger partial charge on any atom is 0.314 e. The normalized spacial score (nSPS) is 13.2. The highest BCUT2D eigenvalue weighted by Gasteiger charge is 2.29. The molecule has 0 unspecified atom stereocenters. The number of fused-ring (bicyclic) bond motifs is 1. The molecular formula is C25H24ClN3O4S. The largest absolute Gasteiger partial charge is 0.318 e. The van der Waals surface area contributed by atoms with Crippen LogP contribution in [0.4, 0.5) is 17.1 Å². The van der Waals surface area contributed by atoms with Crippen LogP contribution in [-0.4, -0.2) is 26.8 Å². The predicted molar refractivity (Wildman–Crippen MR) is 134 cm³/mol. The van der Waals surface area contributed by atoms with Gasteiger partial charge in [-0.1, -0.05) is 41.4 Å². The van der Waals surface area contributed by atoms with Gasteiger partial charge in [-0.3, -0.25) is 13.9 Å². The second-order valence-electron chi connectivity index (χ2n) is 8.20. The number of amides is 2. The number of nitrogens with one attached hydrogen (secondary N) is 2. The molecule has 0 spiro atoms. The molecule has 3 aromatic carbocycles. The topological polar surface area (TPSA) is 95.6 Å². The van der Waals surface area contributed by atoms with Gasteiger partial charge in [-0.15, -0.1) is 0 Å². The minimum Gasteiger partial charge on any atom is -0.318 e. The molecule has 3 aromatic rings. The fourth-order valence-corrected chi connectivity index (χ4v) is 5.51. The number of hydrogen-bond acceptors (Lipinski definition) is 4. The highest BCUT2D eigenvalue weighted by atomic mass is 35.5. The zero-order chi connectivity index (χ0) is 24.5. The summed E-state index contributed by atoms with van der Waals surface area (Å²) < 4.78 is 28.0. The molecule has 176 valence electrons. The fourth-order valence-electron chi connectivity index (χ4n) is 3.80. The highest BCUT2D eigenvalue weighted by Crippen LogP contribution is 2.34. The van der Waals surface area contributed by atoms with Crippen LogP contribution in [0.15, 0.2) is 65.6 Å². The van der Waals surface area contributed by atoms with E-state index in [4.69, 9.17) is 11.6 Å². The van der Waals surface area contributed by atoms with Crippen molar-refractivity contribution in [1.29, 1.82) is 0 Å². The van der Waals surface area contributed by atoms with Gasteiger partial charge in [0.2, 0.25) is 0 Å². The molecule has 0 bridgehead atoms. The second-order valence-corrected chi connectivity index (χ2v) is 10.5. The molecule has 2 amide bonds. The quantitative estimate of drug-likeness (QED) is 0.512. The molecule has 4 rings (SSSR count). The van der Waals surface area contributed by atoms with E-state index in [1.807, 2.05) is 6.92 Å². The van der Waals surface area contributed by atoms with Crippen molar-refractivity contribution < 1.29 is 18.0 Å². The molecule has 34 heavy (non-hydrogen) atoms. The Morgan fingerprint density at radius 1 is 0.912 bits per heavy atom. The van der Waals surface area contributed by atoms with Crippen LogP contribution in [0.5, 0.6) is 0 Å². The second kappa shape index (κ2) is 9.48. The van der Waals surface area contributed by atoms with Crippen LogP contribution in [0.25, 0.3) is 0 Å². The van der Waals surface area contributed by atoms with Crippen molar-refractivity contribution in [1.82, 2.24) is 0 Å². The van der Waals surface area contributed by atoms with Crippen LogP contribution in [0, 0.1) is 13.8 Å². The van der Waals surface area contributed by atoms with Crippen molar-refractivity contribution in [3.05, 3.63) is 82.4 Å². The number of halogens is 1. The summed E-state index contributed by atoms with van der Waals surface area (Å²) in [5.41, 5.74) is 3.85. The van der Waals surface area contributed by atoms with E-state index in [-0.39, 0.29) is 4.90 Å². The molecule has 0 radical (unpaired) electrons. The van der Waals surface area contributed by atoms with E-state index in [2.05, 4.69) is 10.6 Å². The van der Waals surface area contributed by atoms with Gasteiger partial charge in [-0.2, -0.15) is 0 Å². The van der Waals surface area contributed by atoms with Gasteiger partial charge >= 0.3 is 11.8 Å². The lowest BCUT2D eigenvalue weighted by Gasteiger charge is -2.31. The fraction of sp³-hybridized carbons (Fsp3) is 0.200. The molecule has 0 aromatic heterocycles. The molecular weight excluding hydrogens is 474 g/mol. The monoisotopic (exact) mass is 497 g/mol. The maximum atomic E-state index is 13.3. The summed E-state index contributed by atoms with van der Waals surface area (Å²) in [6, 6.07) is 16.7. The van der Waals surface area contributed by atoms with Crippen molar-refractivity contribution in [2.24, 2.45) is 0 Å². The number of nitrogens with zero attached hydrogens (tertiary/aromatic N) is 1. The minimum absolute atomic E-state index is 0.205. The maximum absolute atomic E-state index is 13.3. The third-order valence-electron chi connectivity index (χ3n) is 5.68. The lowest BCUT2D eigenvalue weighted by atomic mass is 10.0. The van der Waals surface area contributed by atoms with Gasteiger partial charge in [0.05, 0.1) is 10.6 Å². The van der Waals surface area contributed by atoms with Gasteiger partial charge < -0.3 is 10.6 Å². The number of hydrogen-bond donors (Lipinski definition) is 2. The van der Waals surface area contributed by atoms with Gasteiger partial charge in [0.15, 0.2) is 0 Å². The number of carbonyl (C=O) groups is 2. The van der Waals surface area contributed by atoms with Crippen LogP contribution in [0.3, 0.4) is 0 Å². The lowest BCUT2D eigenvalue weighted by molar-refractivity contribution is -0.133. The number of rotatable bonds is 4. The first-order chi connectivity index (χ1) is 16.1. The Balaban J connectivity index is 1.56. The summed E-state index contributed by atoms with van der Waals surface area (Å²) in [5.74, 6) is -1.73. The molecule has 1 aliphatic heterocycles. The molecule has 9 heteroatoms. The Kier molecular flexibility index (Phi) is 6.63. The van der Waals surface area contributed by atoms with Gasteiger partial charge in [0, 0.05) is 22.9 Å². The first-order valence-corrected chi connectivity index (χ1v) is 12.6. The van der Waals surface area contributed by atoms with Crippen LogP contribution in [0.1, 0.15) is 23.1 Å². The van der Waals surface area contributed by atoms with E-state index in [1.54, 1.807) is 67.6 Å². The van der Waals surface area contributed by atoms with Gasteiger partial charge in [0.1, 0.15) is 0 Å². The average molecular weight is 498 g/mol. The smallest absolute Gasteiger partial charge is 0.314 e. The average Bonchev–Trinajstić information content (AvgIpc) is 2.81. The summed E-state index contributed by atoms with van der Waals surface area (Å²) in [7, 11) is -3.77. The van der Waals surface area contributed by atoms with Crippen LogP contribution < -0.4 is 14.9 Å². The van der Waals surface area contributed by atoms with Crippen molar-refractivity contribution in [2.75, 3.05) is 21.5 Å². The number of aryl methyl sites for hydroxylation is 3. The molecule has 1 aliphatic rings. The van der Waals surface area contributed by atoms with Crippen LogP contribution in [0.2, 0.25) is 5.02 Å². The number of anilines is 3. The zero-order valence-electron chi connectivity index (χ0n) is 18.8. The summed E-state index contributed by atoms with van der Waals surface area (Å²) in [6.07, 6.45) is 1.41. The van der Waals surface area contributed by atoms with E-state index in [1.165, 1.54) is 4.31 Å². The van der Waals surface area contributed by atoms with Gasteiger partial charge in [-0.25, -0.2) is 8.42 Å². The Labute approximate surface area is 203 Å². The number of carbonyl (C=O) groups excluding carboxylic acids is 2. The number of sulfonamides is 1.